The van der Waals surface area contributed by atoms with Gasteiger partial charge in [-0.25, -0.2) is 4.39 Å². The van der Waals surface area contributed by atoms with Crippen molar-refractivity contribution in [1.29, 1.82) is 0 Å². The minimum Gasteiger partial charge on any atom is -0.341 e. The Morgan fingerprint density at radius 3 is 2.29 bits per heavy atom. The molecule has 0 saturated carbocycles. The molecule has 1 atom stereocenters. The number of hydrogen-bond acceptors (Lipinski definition) is 3. The van der Waals surface area contributed by atoms with Crippen LogP contribution in [0, 0.1) is 5.82 Å². The Morgan fingerprint density at radius 1 is 1.19 bits per heavy atom. The van der Waals surface area contributed by atoms with Gasteiger partial charge in [0.1, 0.15) is 11.9 Å². The quantitative estimate of drug-likeness (QED) is 0.854. The number of carbonyl (C=O) groups excluding carboxylic acids is 1. The van der Waals surface area contributed by atoms with Crippen LogP contribution in [0.4, 0.5) is 4.39 Å². The molecule has 1 aromatic carbocycles. The van der Waals surface area contributed by atoms with Crippen molar-refractivity contribution >= 4 is 17.7 Å². The smallest absolute Gasteiger partial charge is 0.244 e. The zero-order chi connectivity index (χ0) is 15.4. The van der Waals surface area contributed by atoms with Crippen molar-refractivity contribution in [3.63, 3.8) is 0 Å². The molecule has 1 aliphatic rings. The molecule has 3 nitrogen and oxygen atoms in total. The van der Waals surface area contributed by atoms with E-state index >= 15 is 0 Å². The van der Waals surface area contributed by atoms with E-state index in [2.05, 4.69) is 0 Å². The molecule has 1 heterocycles. The number of halogens is 1. The third kappa shape index (κ3) is 3.98. The fraction of sp³-hybridized carbons (Fsp3) is 0.562. The van der Waals surface area contributed by atoms with E-state index in [9.17, 15) is 9.18 Å². The summed E-state index contributed by atoms with van der Waals surface area (Å²) < 4.78 is 13.1. The number of likely N-dealkylation sites (N-methyl/N-ethyl adjacent to an activating group) is 2. The summed E-state index contributed by atoms with van der Waals surface area (Å²) in [6, 6.07) is 6.18. The van der Waals surface area contributed by atoms with E-state index in [1.165, 1.54) is 12.1 Å². The van der Waals surface area contributed by atoms with E-state index in [0.717, 1.165) is 29.9 Å². The van der Waals surface area contributed by atoms with Crippen LogP contribution in [0.5, 0.6) is 0 Å². The summed E-state index contributed by atoms with van der Waals surface area (Å²) in [5.41, 5.74) is 0.837. The van der Waals surface area contributed by atoms with Crippen LogP contribution in [0.15, 0.2) is 24.3 Å². The molecule has 1 aromatic rings. The normalized spacial score (nSPS) is 17.8. The average Bonchev–Trinajstić information content (AvgIpc) is 2.49. The summed E-state index contributed by atoms with van der Waals surface area (Å²) in [5, 5.41) is 0. The molecule has 1 fully saturated rings. The lowest BCUT2D eigenvalue weighted by molar-refractivity contribution is -0.137. The summed E-state index contributed by atoms with van der Waals surface area (Å²) in [7, 11) is 5.66. The largest absolute Gasteiger partial charge is 0.341 e. The van der Waals surface area contributed by atoms with Crippen LogP contribution >= 0.6 is 11.8 Å². The van der Waals surface area contributed by atoms with Gasteiger partial charge in [-0.3, -0.25) is 9.69 Å². The van der Waals surface area contributed by atoms with E-state index in [-0.39, 0.29) is 17.8 Å². The maximum Gasteiger partial charge on any atom is 0.244 e. The molecule has 21 heavy (non-hydrogen) atoms. The predicted octanol–water partition coefficient (Wildman–Crippen LogP) is 2.78. The second-order valence-corrected chi connectivity index (χ2v) is 6.94. The second kappa shape index (κ2) is 7.27. The Morgan fingerprint density at radius 2 is 1.76 bits per heavy atom. The number of hydrogen-bond donors (Lipinski definition) is 0. The van der Waals surface area contributed by atoms with Crippen molar-refractivity contribution in [2.75, 3.05) is 32.6 Å². The first-order chi connectivity index (χ1) is 10.0. The van der Waals surface area contributed by atoms with Crippen LogP contribution in [0.2, 0.25) is 0 Å². The molecule has 0 aliphatic carbocycles. The van der Waals surface area contributed by atoms with Crippen LogP contribution in [0.3, 0.4) is 0 Å². The fourth-order valence-electron chi connectivity index (χ4n) is 2.75. The molecule has 0 bridgehead atoms. The first-order valence-corrected chi connectivity index (χ1v) is 8.42. The molecular formula is C16H23FN2OS. The molecule has 0 spiro atoms. The number of amides is 1. The van der Waals surface area contributed by atoms with Gasteiger partial charge in [0.05, 0.1) is 0 Å². The highest BCUT2D eigenvalue weighted by atomic mass is 32.2. The first kappa shape index (κ1) is 16.3. The lowest BCUT2D eigenvalue weighted by Gasteiger charge is -2.35. The zero-order valence-corrected chi connectivity index (χ0v) is 13.7. The number of nitrogens with zero attached hydrogens (tertiary/aromatic N) is 2. The average molecular weight is 310 g/mol. The summed E-state index contributed by atoms with van der Waals surface area (Å²) in [4.78, 5) is 16.6. The summed E-state index contributed by atoms with van der Waals surface area (Å²) in [5.74, 6) is 2.04. The van der Waals surface area contributed by atoms with Gasteiger partial charge in [-0.15, -0.1) is 0 Å². The minimum absolute atomic E-state index is 0.0866. The minimum atomic E-state index is -0.356. The molecular weight excluding hydrogens is 287 g/mol. The lowest BCUT2D eigenvalue weighted by Crippen LogP contribution is -2.45. The molecule has 0 N–H and O–H groups in total. The molecule has 1 aliphatic heterocycles. The molecule has 116 valence electrons. The lowest BCUT2D eigenvalue weighted by atomic mass is 10.0. The van der Waals surface area contributed by atoms with Crippen molar-refractivity contribution in [1.82, 2.24) is 9.80 Å². The topological polar surface area (TPSA) is 23.6 Å². The van der Waals surface area contributed by atoms with Crippen LogP contribution in [-0.2, 0) is 4.79 Å². The number of rotatable bonds is 4. The van der Waals surface area contributed by atoms with Crippen LogP contribution < -0.4 is 0 Å². The Kier molecular flexibility index (Phi) is 5.65. The van der Waals surface area contributed by atoms with Gasteiger partial charge >= 0.3 is 0 Å². The summed E-state index contributed by atoms with van der Waals surface area (Å²) in [6.45, 7) is 0. The third-order valence-electron chi connectivity index (χ3n) is 4.02. The van der Waals surface area contributed by atoms with Gasteiger partial charge in [0.25, 0.3) is 0 Å². The van der Waals surface area contributed by atoms with Crippen molar-refractivity contribution < 1.29 is 9.18 Å². The van der Waals surface area contributed by atoms with E-state index < -0.39 is 0 Å². The van der Waals surface area contributed by atoms with Crippen molar-refractivity contribution in [3.05, 3.63) is 35.6 Å². The third-order valence-corrected chi connectivity index (χ3v) is 5.07. The van der Waals surface area contributed by atoms with Crippen molar-refractivity contribution in [2.24, 2.45) is 0 Å². The molecule has 0 aromatic heterocycles. The highest BCUT2D eigenvalue weighted by Gasteiger charge is 2.30. The van der Waals surface area contributed by atoms with E-state index in [1.54, 1.807) is 12.1 Å². The molecule has 0 radical (unpaired) electrons. The highest BCUT2D eigenvalue weighted by molar-refractivity contribution is 7.99. The Hall–Kier alpha value is -1.07. The van der Waals surface area contributed by atoms with Gasteiger partial charge < -0.3 is 4.90 Å². The molecule has 1 amide bonds. The maximum absolute atomic E-state index is 13.1. The van der Waals surface area contributed by atoms with Gasteiger partial charge in [-0.2, -0.15) is 11.8 Å². The van der Waals surface area contributed by atoms with Crippen molar-refractivity contribution in [3.8, 4) is 0 Å². The van der Waals surface area contributed by atoms with Gasteiger partial charge in [0.2, 0.25) is 5.91 Å². The highest BCUT2D eigenvalue weighted by Crippen LogP contribution is 2.26. The van der Waals surface area contributed by atoms with E-state index in [0.29, 0.717) is 6.04 Å². The summed E-state index contributed by atoms with van der Waals surface area (Å²) in [6.07, 6.45) is 2.10. The first-order valence-electron chi connectivity index (χ1n) is 7.27. The Labute approximate surface area is 130 Å². The van der Waals surface area contributed by atoms with Gasteiger partial charge in [0.15, 0.2) is 0 Å². The number of thioether (sulfide) groups is 1. The Bertz CT molecular complexity index is 472. The number of benzene rings is 1. The van der Waals surface area contributed by atoms with Gasteiger partial charge in [0, 0.05) is 13.1 Å². The number of carbonyl (C=O) groups is 1. The van der Waals surface area contributed by atoms with Crippen molar-refractivity contribution in [2.45, 2.75) is 24.9 Å². The molecule has 5 heteroatoms. The SMILES string of the molecule is CN(C)C(C(=O)N(C)C1CCSCC1)c1ccc(F)cc1. The Balaban J connectivity index is 2.16. The zero-order valence-electron chi connectivity index (χ0n) is 12.9. The maximum atomic E-state index is 13.1. The molecule has 2 rings (SSSR count). The van der Waals surface area contributed by atoms with E-state index in [4.69, 9.17) is 0 Å². The van der Waals surface area contributed by atoms with Crippen LogP contribution in [0.25, 0.3) is 0 Å². The van der Waals surface area contributed by atoms with Crippen LogP contribution in [0.1, 0.15) is 24.4 Å². The second-order valence-electron chi connectivity index (χ2n) is 5.71. The van der Waals surface area contributed by atoms with Crippen LogP contribution in [-0.4, -0.2) is 54.4 Å². The van der Waals surface area contributed by atoms with Gasteiger partial charge in [-0.1, -0.05) is 12.1 Å². The summed E-state index contributed by atoms with van der Waals surface area (Å²) >= 11 is 1.95. The molecule has 1 saturated heterocycles. The predicted molar refractivity (Wildman–Crippen MR) is 85.9 cm³/mol. The molecule has 1 unspecified atom stereocenters. The monoisotopic (exact) mass is 310 g/mol. The standard InChI is InChI=1S/C16H23FN2OS/c1-18(2)15(12-4-6-13(17)7-5-12)16(20)19(3)14-8-10-21-11-9-14/h4-7,14-15H,8-11H2,1-3H3. The van der Waals surface area contributed by atoms with E-state index in [1.807, 2.05) is 42.7 Å². The van der Waals surface area contributed by atoms with Gasteiger partial charge in [-0.05, 0) is 56.1 Å². The fourth-order valence-corrected chi connectivity index (χ4v) is 3.83.